The molecule has 1 aromatic carbocycles. The van der Waals surface area contributed by atoms with Crippen molar-refractivity contribution in [2.75, 3.05) is 32.1 Å². The lowest BCUT2D eigenvalue weighted by molar-refractivity contribution is -0.132. The van der Waals surface area contributed by atoms with Crippen LogP contribution in [-0.2, 0) is 9.59 Å². The number of primary amides is 1. The van der Waals surface area contributed by atoms with Crippen molar-refractivity contribution in [3.63, 3.8) is 0 Å². The Kier molecular flexibility index (Phi) is 5.50. The summed E-state index contributed by atoms with van der Waals surface area (Å²) in [4.78, 5) is 26.3. The van der Waals surface area contributed by atoms with E-state index in [1.54, 1.807) is 0 Å². The van der Waals surface area contributed by atoms with Gasteiger partial charge in [0, 0.05) is 30.3 Å². The van der Waals surface area contributed by atoms with Crippen LogP contribution < -0.4 is 15.2 Å². The Balaban J connectivity index is 1.51. The summed E-state index contributed by atoms with van der Waals surface area (Å²) < 4.78 is 11.3. The van der Waals surface area contributed by atoms with Crippen LogP contribution in [0.3, 0.4) is 0 Å². The van der Waals surface area contributed by atoms with Crippen LogP contribution in [0.5, 0.6) is 11.5 Å². The fraction of sp³-hybridized carbons (Fsp3) is 0.529. The number of hydrogen-bond donors (Lipinski definition) is 1. The standard InChI is InChI=1S/C17H22N2O4S/c18-17(21)12-4-6-19(7-5-12)16(20)11-24-13-2-3-14-15(10-13)23-9-1-8-22-14/h2-3,10,12H,1,4-9,11H2,(H2,18,21). The Morgan fingerprint density at radius 1 is 1.17 bits per heavy atom. The van der Waals surface area contributed by atoms with Gasteiger partial charge in [-0.15, -0.1) is 11.8 Å². The van der Waals surface area contributed by atoms with Crippen LogP contribution in [0.25, 0.3) is 0 Å². The number of likely N-dealkylation sites (tertiary alicyclic amines) is 1. The quantitative estimate of drug-likeness (QED) is 0.835. The topological polar surface area (TPSA) is 81.9 Å². The zero-order valence-electron chi connectivity index (χ0n) is 13.5. The van der Waals surface area contributed by atoms with Gasteiger partial charge in [0.1, 0.15) is 0 Å². The van der Waals surface area contributed by atoms with Crippen molar-refractivity contribution in [1.29, 1.82) is 0 Å². The number of thioether (sulfide) groups is 1. The molecule has 0 saturated carbocycles. The van der Waals surface area contributed by atoms with Crippen LogP contribution in [0.1, 0.15) is 19.3 Å². The van der Waals surface area contributed by atoms with Gasteiger partial charge in [0.2, 0.25) is 11.8 Å². The van der Waals surface area contributed by atoms with Crippen molar-refractivity contribution in [3.05, 3.63) is 18.2 Å². The van der Waals surface area contributed by atoms with Gasteiger partial charge in [-0.25, -0.2) is 0 Å². The molecule has 7 heteroatoms. The number of amides is 2. The highest BCUT2D eigenvalue weighted by molar-refractivity contribution is 8.00. The molecular formula is C17H22N2O4S. The lowest BCUT2D eigenvalue weighted by Gasteiger charge is -2.30. The van der Waals surface area contributed by atoms with Crippen molar-refractivity contribution < 1.29 is 19.1 Å². The molecule has 0 radical (unpaired) electrons. The van der Waals surface area contributed by atoms with Crippen LogP contribution in [-0.4, -0.2) is 48.8 Å². The van der Waals surface area contributed by atoms with Gasteiger partial charge in [-0.2, -0.15) is 0 Å². The van der Waals surface area contributed by atoms with Crippen LogP contribution in [0, 0.1) is 5.92 Å². The van der Waals surface area contributed by atoms with Gasteiger partial charge in [0.05, 0.1) is 19.0 Å². The lowest BCUT2D eigenvalue weighted by Crippen LogP contribution is -2.42. The Bertz CT molecular complexity index is 615. The third-order valence-corrected chi connectivity index (χ3v) is 5.31. The first-order valence-electron chi connectivity index (χ1n) is 8.23. The minimum atomic E-state index is -0.260. The average Bonchev–Trinajstić information content (AvgIpc) is 2.84. The summed E-state index contributed by atoms with van der Waals surface area (Å²) in [5.74, 6) is 1.62. The molecule has 2 aliphatic rings. The van der Waals surface area contributed by atoms with E-state index in [4.69, 9.17) is 15.2 Å². The number of hydrogen-bond acceptors (Lipinski definition) is 5. The van der Waals surface area contributed by atoms with Crippen molar-refractivity contribution in [1.82, 2.24) is 4.90 Å². The molecule has 2 amide bonds. The molecule has 0 atom stereocenters. The van der Waals surface area contributed by atoms with E-state index in [2.05, 4.69) is 0 Å². The number of fused-ring (bicyclic) bond motifs is 1. The Morgan fingerprint density at radius 3 is 2.58 bits per heavy atom. The van der Waals surface area contributed by atoms with E-state index >= 15 is 0 Å². The van der Waals surface area contributed by atoms with Crippen LogP contribution >= 0.6 is 11.8 Å². The van der Waals surface area contributed by atoms with Gasteiger partial charge in [-0.1, -0.05) is 0 Å². The lowest BCUT2D eigenvalue weighted by atomic mass is 9.96. The van der Waals surface area contributed by atoms with Crippen LogP contribution in [0.2, 0.25) is 0 Å². The van der Waals surface area contributed by atoms with Gasteiger partial charge in [0.15, 0.2) is 11.5 Å². The summed E-state index contributed by atoms with van der Waals surface area (Å²) in [5.41, 5.74) is 5.32. The zero-order valence-corrected chi connectivity index (χ0v) is 14.3. The van der Waals surface area contributed by atoms with E-state index in [1.807, 2.05) is 23.1 Å². The van der Waals surface area contributed by atoms with Gasteiger partial charge in [-0.05, 0) is 31.0 Å². The minimum absolute atomic E-state index is 0.0926. The van der Waals surface area contributed by atoms with E-state index < -0.39 is 0 Å². The van der Waals surface area contributed by atoms with Crippen LogP contribution in [0.4, 0.5) is 0 Å². The molecule has 2 heterocycles. The summed E-state index contributed by atoms with van der Waals surface area (Å²) in [6, 6.07) is 5.77. The minimum Gasteiger partial charge on any atom is -0.490 e. The van der Waals surface area contributed by atoms with Gasteiger partial charge >= 0.3 is 0 Å². The molecule has 1 aromatic rings. The smallest absolute Gasteiger partial charge is 0.232 e. The maximum atomic E-state index is 12.3. The zero-order chi connectivity index (χ0) is 16.9. The van der Waals surface area contributed by atoms with E-state index in [-0.39, 0.29) is 17.7 Å². The largest absolute Gasteiger partial charge is 0.490 e. The molecule has 3 rings (SSSR count). The summed E-state index contributed by atoms with van der Waals surface area (Å²) >= 11 is 1.49. The molecule has 2 N–H and O–H groups in total. The first-order valence-corrected chi connectivity index (χ1v) is 9.21. The first-order chi connectivity index (χ1) is 11.6. The monoisotopic (exact) mass is 350 g/mol. The van der Waals surface area contributed by atoms with Gasteiger partial charge in [-0.3, -0.25) is 9.59 Å². The predicted molar refractivity (Wildman–Crippen MR) is 91.3 cm³/mol. The number of carbonyl (C=O) groups excluding carboxylic acids is 2. The Labute approximate surface area is 145 Å². The second-order valence-electron chi connectivity index (χ2n) is 6.01. The van der Waals surface area contributed by atoms with E-state index in [0.717, 1.165) is 22.8 Å². The highest BCUT2D eigenvalue weighted by atomic mass is 32.2. The van der Waals surface area contributed by atoms with Gasteiger partial charge in [0.25, 0.3) is 0 Å². The molecular weight excluding hydrogens is 328 g/mol. The van der Waals surface area contributed by atoms with E-state index in [1.165, 1.54) is 11.8 Å². The molecule has 130 valence electrons. The maximum Gasteiger partial charge on any atom is 0.232 e. The van der Waals surface area contributed by atoms with E-state index in [0.29, 0.717) is 44.9 Å². The number of rotatable bonds is 4. The molecule has 0 aliphatic carbocycles. The van der Waals surface area contributed by atoms with Crippen LogP contribution in [0.15, 0.2) is 23.1 Å². The van der Waals surface area contributed by atoms with Crippen molar-refractivity contribution in [3.8, 4) is 11.5 Å². The molecule has 24 heavy (non-hydrogen) atoms. The number of carbonyl (C=O) groups is 2. The first kappa shape index (κ1) is 17.0. The average molecular weight is 350 g/mol. The molecule has 6 nitrogen and oxygen atoms in total. The number of nitrogens with zero attached hydrogens (tertiary/aromatic N) is 1. The normalized spacial score (nSPS) is 18.1. The highest BCUT2D eigenvalue weighted by Gasteiger charge is 2.25. The van der Waals surface area contributed by atoms with E-state index in [9.17, 15) is 9.59 Å². The fourth-order valence-corrected chi connectivity index (χ4v) is 3.71. The summed E-state index contributed by atoms with van der Waals surface area (Å²) in [5, 5.41) is 0. The molecule has 1 fully saturated rings. The molecule has 2 aliphatic heterocycles. The van der Waals surface area contributed by atoms with Crippen molar-refractivity contribution in [2.24, 2.45) is 11.7 Å². The third-order valence-electron chi connectivity index (χ3n) is 4.33. The maximum absolute atomic E-state index is 12.3. The Hall–Kier alpha value is -1.89. The summed E-state index contributed by atoms with van der Waals surface area (Å²) in [6.45, 7) is 2.52. The number of ether oxygens (including phenoxy) is 2. The molecule has 0 bridgehead atoms. The Morgan fingerprint density at radius 2 is 1.88 bits per heavy atom. The molecule has 0 spiro atoms. The number of nitrogens with two attached hydrogens (primary N) is 1. The second kappa shape index (κ2) is 7.79. The fourth-order valence-electron chi connectivity index (χ4n) is 2.88. The highest BCUT2D eigenvalue weighted by Crippen LogP contribution is 2.34. The third kappa shape index (κ3) is 4.14. The van der Waals surface area contributed by atoms with Crippen molar-refractivity contribution >= 4 is 23.6 Å². The number of benzene rings is 1. The number of piperidine rings is 1. The molecule has 0 unspecified atom stereocenters. The van der Waals surface area contributed by atoms with Gasteiger partial charge < -0.3 is 20.1 Å². The van der Waals surface area contributed by atoms with Crippen molar-refractivity contribution in [2.45, 2.75) is 24.2 Å². The predicted octanol–water partition coefficient (Wildman–Crippen LogP) is 1.66. The second-order valence-corrected chi connectivity index (χ2v) is 7.05. The molecule has 0 aromatic heterocycles. The SMILES string of the molecule is NC(=O)C1CCN(C(=O)CSc2ccc3c(c2)OCCCO3)CC1. The summed E-state index contributed by atoms with van der Waals surface area (Å²) in [7, 11) is 0. The summed E-state index contributed by atoms with van der Waals surface area (Å²) in [6.07, 6.45) is 2.20. The molecule has 1 saturated heterocycles.